The number of rotatable bonds is 4. The molecule has 84 valence electrons. The Morgan fingerprint density at radius 1 is 1.44 bits per heavy atom. The van der Waals surface area contributed by atoms with E-state index in [1.807, 2.05) is 25.1 Å². The van der Waals surface area contributed by atoms with Crippen LogP contribution in [0.3, 0.4) is 0 Å². The van der Waals surface area contributed by atoms with Crippen LogP contribution in [0.15, 0.2) is 18.2 Å². The maximum absolute atomic E-state index is 11.5. The maximum atomic E-state index is 11.5. The van der Waals surface area contributed by atoms with Gasteiger partial charge in [-0.15, -0.1) is 0 Å². The van der Waals surface area contributed by atoms with Crippen molar-refractivity contribution >= 4 is 37.6 Å². The molecule has 0 radical (unpaired) electrons. The topological polar surface area (TPSA) is 66.9 Å². The number of carbonyl (C=O) groups excluding carboxylic acids is 1. The zero-order chi connectivity index (χ0) is 11.4. The van der Waals surface area contributed by atoms with Crippen LogP contribution in [0.5, 0.6) is 0 Å². The number of fused-ring (bicyclic) bond motifs is 1. The fraction of sp³-hybridized carbons (Fsp3) is 0.300. The first kappa shape index (κ1) is 11.3. The van der Waals surface area contributed by atoms with E-state index < -0.39 is 0 Å². The number of nitrogens with zero attached hydrogens (tertiary/aromatic N) is 2. The van der Waals surface area contributed by atoms with E-state index in [2.05, 4.69) is 18.6 Å². The van der Waals surface area contributed by atoms with E-state index in [9.17, 15) is 4.79 Å². The molecule has 1 heterocycles. The number of hydrogen-bond donors (Lipinski definition) is 2. The molecule has 0 atom stereocenters. The Balaban J connectivity index is 2.14. The molecule has 0 saturated carbocycles. The summed E-state index contributed by atoms with van der Waals surface area (Å²) in [6.45, 7) is 3.07. The number of amides is 1. The number of carbonyl (C=O) groups is 1. The second-order valence-corrected chi connectivity index (χ2v) is 4.37. The number of hydrogen-bond acceptors (Lipinski definition) is 4. The Bertz CT molecular complexity index is 496. The summed E-state index contributed by atoms with van der Waals surface area (Å²) in [4.78, 5) is 11.5. The number of benzene rings is 1. The SMILES string of the molecule is CCNCC(=O)Nc1cccc2n[se]nc12. The van der Waals surface area contributed by atoms with Crippen LogP contribution in [0, 0.1) is 0 Å². The first-order valence-electron chi connectivity index (χ1n) is 5.03. The second kappa shape index (κ2) is 5.20. The van der Waals surface area contributed by atoms with Crippen LogP contribution in [-0.2, 0) is 4.79 Å². The third-order valence-corrected chi connectivity index (χ3v) is 3.23. The van der Waals surface area contributed by atoms with E-state index in [-0.39, 0.29) is 20.9 Å². The minimum atomic E-state index is -0.0646. The molecule has 1 aromatic carbocycles. The van der Waals surface area contributed by atoms with Crippen LogP contribution >= 0.6 is 0 Å². The molecule has 0 unspecified atom stereocenters. The van der Waals surface area contributed by atoms with Gasteiger partial charge in [-0.3, -0.25) is 0 Å². The van der Waals surface area contributed by atoms with Gasteiger partial charge in [0.25, 0.3) is 0 Å². The van der Waals surface area contributed by atoms with Gasteiger partial charge in [0.15, 0.2) is 0 Å². The van der Waals surface area contributed by atoms with Crippen molar-refractivity contribution in [2.45, 2.75) is 6.92 Å². The molecule has 0 fully saturated rings. The molecule has 1 aromatic heterocycles. The Kier molecular flexibility index (Phi) is 3.66. The van der Waals surface area contributed by atoms with Gasteiger partial charge in [0, 0.05) is 0 Å². The molecular weight excluding hydrogens is 271 g/mol. The van der Waals surface area contributed by atoms with Crippen LogP contribution in [-0.4, -0.2) is 41.9 Å². The van der Waals surface area contributed by atoms with Crippen LogP contribution in [0.1, 0.15) is 6.92 Å². The Hall–Kier alpha value is -1.23. The van der Waals surface area contributed by atoms with Crippen molar-refractivity contribution in [2.75, 3.05) is 18.4 Å². The van der Waals surface area contributed by atoms with Crippen molar-refractivity contribution in [3.05, 3.63) is 18.2 Å². The molecule has 0 aliphatic heterocycles. The summed E-state index contributed by atoms with van der Waals surface area (Å²) in [7, 11) is 0. The van der Waals surface area contributed by atoms with E-state index in [4.69, 9.17) is 0 Å². The average molecular weight is 283 g/mol. The molecular formula is C10H12N4OSe. The van der Waals surface area contributed by atoms with Crippen molar-refractivity contribution in [1.82, 2.24) is 13.3 Å². The Morgan fingerprint density at radius 2 is 2.31 bits per heavy atom. The first-order chi connectivity index (χ1) is 7.81. The third kappa shape index (κ3) is 2.47. The van der Waals surface area contributed by atoms with Crippen LogP contribution in [0.2, 0.25) is 0 Å². The average Bonchev–Trinajstić information content (AvgIpc) is 2.75. The van der Waals surface area contributed by atoms with Gasteiger partial charge >= 0.3 is 99.2 Å². The minimum absolute atomic E-state index is 0.0511. The molecule has 0 aliphatic rings. The molecule has 1 amide bonds. The molecule has 0 saturated heterocycles. The van der Waals surface area contributed by atoms with E-state index >= 15 is 0 Å². The fourth-order valence-corrected chi connectivity index (χ4v) is 2.49. The normalized spacial score (nSPS) is 10.6. The summed E-state index contributed by atoms with van der Waals surface area (Å²) >= 11 is -0.0646. The monoisotopic (exact) mass is 284 g/mol. The molecule has 2 N–H and O–H groups in total. The van der Waals surface area contributed by atoms with E-state index in [0.29, 0.717) is 6.54 Å². The first-order valence-corrected chi connectivity index (χ1v) is 6.56. The standard InChI is InChI=1S/C10H12N4OSe/c1-2-11-6-9(15)12-7-4-3-5-8-10(7)14-16-13-8/h3-5,11H,2,6H2,1H3,(H,12,15). The van der Waals surface area contributed by atoms with Gasteiger partial charge in [-0.05, 0) is 0 Å². The molecule has 0 aliphatic carbocycles. The number of anilines is 1. The van der Waals surface area contributed by atoms with Crippen LogP contribution in [0.25, 0.3) is 11.0 Å². The van der Waals surface area contributed by atoms with E-state index in [0.717, 1.165) is 23.3 Å². The van der Waals surface area contributed by atoms with Gasteiger partial charge in [-0.1, -0.05) is 0 Å². The van der Waals surface area contributed by atoms with Crippen LogP contribution in [0.4, 0.5) is 5.69 Å². The summed E-state index contributed by atoms with van der Waals surface area (Å²) in [6, 6.07) is 5.64. The van der Waals surface area contributed by atoms with Gasteiger partial charge in [0.2, 0.25) is 0 Å². The zero-order valence-corrected chi connectivity index (χ0v) is 10.6. The summed E-state index contributed by atoms with van der Waals surface area (Å²) < 4.78 is 8.55. The van der Waals surface area contributed by atoms with Gasteiger partial charge < -0.3 is 0 Å². The Labute approximate surface area is 99.5 Å². The number of aromatic nitrogens is 2. The number of likely N-dealkylation sites (N-methyl/N-ethyl adjacent to an activating group) is 1. The molecule has 2 aromatic rings. The van der Waals surface area contributed by atoms with Gasteiger partial charge in [0.05, 0.1) is 0 Å². The second-order valence-electron chi connectivity index (χ2n) is 3.27. The summed E-state index contributed by atoms with van der Waals surface area (Å²) in [6.07, 6.45) is 0. The quantitative estimate of drug-likeness (QED) is 0.789. The van der Waals surface area contributed by atoms with Crippen molar-refractivity contribution < 1.29 is 4.79 Å². The molecule has 5 nitrogen and oxygen atoms in total. The van der Waals surface area contributed by atoms with Gasteiger partial charge in [-0.2, -0.15) is 0 Å². The van der Waals surface area contributed by atoms with Gasteiger partial charge in [-0.25, -0.2) is 0 Å². The van der Waals surface area contributed by atoms with Crippen molar-refractivity contribution in [1.29, 1.82) is 0 Å². The zero-order valence-electron chi connectivity index (χ0n) is 8.86. The van der Waals surface area contributed by atoms with Crippen molar-refractivity contribution in [3.8, 4) is 0 Å². The summed E-state index contributed by atoms with van der Waals surface area (Å²) in [5, 5.41) is 5.81. The predicted octanol–water partition coefficient (Wildman–Crippen LogP) is 0.235. The fourth-order valence-electron chi connectivity index (χ4n) is 1.34. The molecule has 0 bridgehead atoms. The molecule has 16 heavy (non-hydrogen) atoms. The van der Waals surface area contributed by atoms with Gasteiger partial charge in [0.1, 0.15) is 0 Å². The molecule has 0 spiro atoms. The predicted molar refractivity (Wildman–Crippen MR) is 63.7 cm³/mol. The third-order valence-electron chi connectivity index (χ3n) is 2.10. The summed E-state index contributed by atoms with van der Waals surface area (Å²) in [5.74, 6) is -0.0511. The molecule has 2 rings (SSSR count). The summed E-state index contributed by atoms with van der Waals surface area (Å²) in [5.41, 5.74) is 2.44. The van der Waals surface area contributed by atoms with Crippen LogP contribution < -0.4 is 10.6 Å². The van der Waals surface area contributed by atoms with E-state index in [1.54, 1.807) is 0 Å². The number of nitrogens with one attached hydrogen (secondary N) is 2. The van der Waals surface area contributed by atoms with E-state index in [1.165, 1.54) is 0 Å². The molecule has 6 heteroatoms. The van der Waals surface area contributed by atoms with Crippen molar-refractivity contribution in [3.63, 3.8) is 0 Å². The Morgan fingerprint density at radius 3 is 3.12 bits per heavy atom. The van der Waals surface area contributed by atoms with Crippen molar-refractivity contribution in [2.24, 2.45) is 0 Å².